The molecule has 1 aromatic carbocycles. The highest BCUT2D eigenvalue weighted by Crippen LogP contribution is 2.37. The summed E-state index contributed by atoms with van der Waals surface area (Å²) in [6, 6.07) is 7.01. The van der Waals surface area contributed by atoms with E-state index < -0.39 is 0 Å². The summed E-state index contributed by atoms with van der Waals surface area (Å²) in [5.41, 5.74) is 7.29. The van der Waals surface area contributed by atoms with E-state index in [0.717, 1.165) is 11.1 Å². The van der Waals surface area contributed by atoms with Gasteiger partial charge in [-0.2, -0.15) is 0 Å². The molecule has 0 bridgehead atoms. The Balaban J connectivity index is 2.61. The molecular formula is C12H10Cl2N2O. The molecule has 1 aromatic heterocycles. The largest absolute Gasteiger partial charge is 0.495 e. The minimum atomic E-state index is 0.413. The molecule has 0 aliphatic heterocycles. The van der Waals surface area contributed by atoms with Gasteiger partial charge in [0.05, 0.1) is 17.2 Å². The molecule has 0 spiro atoms. The highest BCUT2D eigenvalue weighted by Gasteiger charge is 2.11. The van der Waals surface area contributed by atoms with Crippen molar-refractivity contribution in [2.45, 2.75) is 0 Å². The second kappa shape index (κ2) is 4.82. The number of benzene rings is 1. The Morgan fingerprint density at radius 2 is 1.94 bits per heavy atom. The van der Waals surface area contributed by atoms with Crippen LogP contribution in [0.25, 0.3) is 11.1 Å². The van der Waals surface area contributed by atoms with Gasteiger partial charge in [0.25, 0.3) is 0 Å². The third-order valence-corrected chi connectivity index (χ3v) is 2.98. The highest BCUT2D eigenvalue weighted by atomic mass is 35.5. The van der Waals surface area contributed by atoms with Crippen LogP contribution in [0.5, 0.6) is 5.75 Å². The van der Waals surface area contributed by atoms with E-state index in [1.54, 1.807) is 24.4 Å². The maximum Gasteiger partial charge on any atom is 0.138 e. The van der Waals surface area contributed by atoms with Crippen LogP contribution in [-0.2, 0) is 0 Å². The normalized spacial score (nSPS) is 10.3. The van der Waals surface area contributed by atoms with E-state index in [9.17, 15) is 0 Å². The molecular weight excluding hydrogens is 259 g/mol. The van der Waals surface area contributed by atoms with Gasteiger partial charge in [-0.15, -0.1) is 0 Å². The zero-order valence-corrected chi connectivity index (χ0v) is 10.6. The van der Waals surface area contributed by atoms with Gasteiger partial charge in [0, 0.05) is 23.4 Å². The number of nitrogen functional groups attached to an aromatic ring is 1. The fraction of sp³-hybridized carbons (Fsp3) is 0.0833. The van der Waals surface area contributed by atoms with Crippen molar-refractivity contribution < 1.29 is 4.74 Å². The second-order valence-corrected chi connectivity index (χ2v) is 4.22. The van der Waals surface area contributed by atoms with Crippen LogP contribution in [0.4, 0.5) is 5.82 Å². The Kier molecular flexibility index (Phi) is 3.41. The number of halogens is 2. The van der Waals surface area contributed by atoms with Gasteiger partial charge in [-0.3, -0.25) is 0 Å². The topological polar surface area (TPSA) is 48.1 Å². The quantitative estimate of drug-likeness (QED) is 0.905. The van der Waals surface area contributed by atoms with Crippen LogP contribution < -0.4 is 10.5 Å². The van der Waals surface area contributed by atoms with E-state index in [2.05, 4.69) is 4.98 Å². The molecule has 0 radical (unpaired) electrons. The lowest BCUT2D eigenvalue weighted by Gasteiger charge is -2.10. The Hall–Kier alpha value is -1.45. The molecule has 0 fully saturated rings. The molecule has 2 aromatic rings. The summed E-state index contributed by atoms with van der Waals surface area (Å²) >= 11 is 12.2. The van der Waals surface area contributed by atoms with Gasteiger partial charge in [0.2, 0.25) is 0 Å². The summed E-state index contributed by atoms with van der Waals surface area (Å²) in [7, 11) is 1.54. The van der Waals surface area contributed by atoms with Crippen LogP contribution in [0.1, 0.15) is 0 Å². The van der Waals surface area contributed by atoms with Gasteiger partial charge in [0.1, 0.15) is 11.6 Å². The number of aromatic nitrogens is 1. The number of methoxy groups -OCH3 is 1. The van der Waals surface area contributed by atoms with E-state index in [1.165, 1.54) is 7.11 Å². The van der Waals surface area contributed by atoms with Crippen molar-refractivity contribution in [3.8, 4) is 16.9 Å². The van der Waals surface area contributed by atoms with Gasteiger partial charge in [0.15, 0.2) is 0 Å². The van der Waals surface area contributed by atoms with Gasteiger partial charge < -0.3 is 10.5 Å². The van der Waals surface area contributed by atoms with Crippen LogP contribution in [0.2, 0.25) is 10.0 Å². The summed E-state index contributed by atoms with van der Waals surface area (Å²) in [6.45, 7) is 0. The standard InChI is InChI=1S/C12H10Cl2N2O/c1-17-11-6-9(13)8(5-10(11)14)7-3-2-4-16-12(7)15/h2-6H,1H3,(H2,15,16). The zero-order chi connectivity index (χ0) is 12.4. The maximum absolute atomic E-state index is 6.16. The summed E-state index contributed by atoms with van der Waals surface area (Å²) in [6.07, 6.45) is 1.62. The van der Waals surface area contributed by atoms with Crippen molar-refractivity contribution in [3.05, 3.63) is 40.5 Å². The number of hydrogen-bond donors (Lipinski definition) is 1. The van der Waals surface area contributed by atoms with E-state index in [1.807, 2.05) is 6.07 Å². The van der Waals surface area contributed by atoms with Crippen LogP contribution in [-0.4, -0.2) is 12.1 Å². The molecule has 2 N–H and O–H groups in total. The van der Waals surface area contributed by atoms with E-state index >= 15 is 0 Å². The van der Waals surface area contributed by atoms with Crippen molar-refractivity contribution in [2.24, 2.45) is 0 Å². The lowest BCUT2D eigenvalue weighted by Crippen LogP contribution is -1.94. The van der Waals surface area contributed by atoms with Crippen molar-refractivity contribution in [1.29, 1.82) is 0 Å². The van der Waals surface area contributed by atoms with E-state index in [-0.39, 0.29) is 0 Å². The minimum absolute atomic E-state index is 0.413. The number of hydrogen-bond acceptors (Lipinski definition) is 3. The molecule has 0 atom stereocenters. The van der Waals surface area contributed by atoms with Crippen molar-refractivity contribution in [1.82, 2.24) is 4.98 Å². The van der Waals surface area contributed by atoms with E-state index in [0.29, 0.717) is 21.6 Å². The summed E-state index contributed by atoms with van der Waals surface area (Å²) in [5.74, 6) is 0.943. The number of nitrogens with zero attached hydrogens (tertiary/aromatic N) is 1. The zero-order valence-electron chi connectivity index (χ0n) is 9.08. The number of anilines is 1. The molecule has 5 heteroatoms. The number of pyridine rings is 1. The molecule has 3 nitrogen and oxygen atoms in total. The predicted molar refractivity (Wildman–Crippen MR) is 70.7 cm³/mol. The molecule has 0 unspecified atom stereocenters. The van der Waals surface area contributed by atoms with Crippen LogP contribution in [0, 0.1) is 0 Å². The first kappa shape index (κ1) is 12.0. The van der Waals surface area contributed by atoms with Gasteiger partial charge >= 0.3 is 0 Å². The first-order valence-corrected chi connectivity index (χ1v) is 5.63. The van der Waals surface area contributed by atoms with Crippen LogP contribution in [0.15, 0.2) is 30.5 Å². The number of ether oxygens (including phenoxy) is 1. The first-order chi connectivity index (χ1) is 8.13. The Labute approximate surface area is 109 Å². The van der Waals surface area contributed by atoms with Gasteiger partial charge in [-0.05, 0) is 18.2 Å². The fourth-order valence-electron chi connectivity index (χ4n) is 1.54. The third kappa shape index (κ3) is 2.30. The molecule has 0 aliphatic carbocycles. The molecule has 2 rings (SSSR count). The average molecular weight is 269 g/mol. The van der Waals surface area contributed by atoms with Crippen molar-refractivity contribution in [3.63, 3.8) is 0 Å². The first-order valence-electron chi connectivity index (χ1n) is 4.87. The van der Waals surface area contributed by atoms with Crippen LogP contribution in [0.3, 0.4) is 0 Å². The lowest BCUT2D eigenvalue weighted by atomic mass is 10.1. The summed E-state index contributed by atoms with van der Waals surface area (Å²) in [5, 5.41) is 1.00. The average Bonchev–Trinajstić information content (AvgIpc) is 2.32. The maximum atomic E-state index is 6.16. The molecule has 0 saturated heterocycles. The van der Waals surface area contributed by atoms with E-state index in [4.69, 9.17) is 33.7 Å². The molecule has 88 valence electrons. The summed E-state index contributed by atoms with van der Waals surface area (Å²) < 4.78 is 5.08. The van der Waals surface area contributed by atoms with Crippen molar-refractivity contribution >= 4 is 29.0 Å². The Bertz CT molecular complexity index is 558. The summed E-state index contributed by atoms with van der Waals surface area (Å²) in [4.78, 5) is 4.01. The van der Waals surface area contributed by atoms with Gasteiger partial charge in [-0.1, -0.05) is 23.2 Å². The number of nitrogens with two attached hydrogens (primary N) is 1. The number of rotatable bonds is 2. The Morgan fingerprint density at radius 1 is 1.18 bits per heavy atom. The monoisotopic (exact) mass is 268 g/mol. The van der Waals surface area contributed by atoms with Crippen molar-refractivity contribution in [2.75, 3.05) is 12.8 Å². The fourth-order valence-corrected chi connectivity index (χ4v) is 2.03. The molecule has 1 heterocycles. The highest BCUT2D eigenvalue weighted by molar-refractivity contribution is 6.36. The minimum Gasteiger partial charge on any atom is -0.495 e. The van der Waals surface area contributed by atoms with Crippen LogP contribution >= 0.6 is 23.2 Å². The smallest absolute Gasteiger partial charge is 0.138 e. The SMILES string of the molecule is COc1cc(Cl)c(-c2cccnc2N)cc1Cl. The predicted octanol–water partition coefficient (Wildman–Crippen LogP) is 3.65. The lowest BCUT2D eigenvalue weighted by molar-refractivity contribution is 0.415. The Morgan fingerprint density at radius 3 is 2.59 bits per heavy atom. The molecule has 17 heavy (non-hydrogen) atoms. The third-order valence-electron chi connectivity index (χ3n) is 2.37. The molecule has 0 aliphatic rings. The molecule has 0 amide bonds. The second-order valence-electron chi connectivity index (χ2n) is 3.40. The molecule has 0 saturated carbocycles. The van der Waals surface area contributed by atoms with Gasteiger partial charge in [-0.25, -0.2) is 4.98 Å².